The van der Waals surface area contributed by atoms with Crippen LogP contribution in [0.5, 0.6) is 0 Å². The summed E-state index contributed by atoms with van der Waals surface area (Å²) in [5.74, 6) is 0. The van der Waals surface area contributed by atoms with E-state index in [0.29, 0.717) is 0 Å². The smallest absolute Gasteiger partial charge is 0.0855 e. The van der Waals surface area contributed by atoms with E-state index < -0.39 is 0 Å². The van der Waals surface area contributed by atoms with Crippen molar-refractivity contribution in [2.24, 2.45) is 0 Å². The second kappa shape index (κ2) is 4.79. The zero-order valence-corrected chi connectivity index (χ0v) is 9.56. The van der Waals surface area contributed by atoms with Crippen LogP contribution in [0.3, 0.4) is 0 Å². The summed E-state index contributed by atoms with van der Waals surface area (Å²) < 4.78 is 1.83. The van der Waals surface area contributed by atoms with Crippen LogP contribution in [0.15, 0.2) is 48.7 Å². The minimum Gasteiger partial charge on any atom is -0.245 e. The Morgan fingerprint density at radius 2 is 2.44 bits per heavy atom. The van der Waals surface area contributed by atoms with E-state index >= 15 is 0 Å². The van der Waals surface area contributed by atoms with Gasteiger partial charge in [-0.05, 0) is 30.6 Å². The molecule has 2 heteroatoms. The fourth-order valence-electron chi connectivity index (χ4n) is 1.54. The molecule has 0 unspecified atom stereocenters. The normalized spacial score (nSPS) is 14.7. The Bertz CT molecular complexity index is 473. The lowest BCUT2D eigenvalue weighted by Crippen LogP contribution is -1.94. The van der Waals surface area contributed by atoms with Crippen LogP contribution in [0.1, 0.15) is 25.5 Å². The van der Waals surface area contributed by atoms with Crippen molar-refractivity contribution in [1.29, 1.82) is 0 Å². The standard InChI is InChI=1S/C14H16N2/c1-3-12(2)16-11-10-14(15-16)9-8-13-6-4-5-7-13/h4-6,8-11H,2-3,7H2,1H3/b9-8+. The lowest BCUT2D eigenvalue weighted by atomic mass is 10.2. The Morgan fingerprint density at radius 1 is 1.56 bits per heavy atom. The minimum absolute atomic E-state index is 0.917. The first-order chi connectivity index (χ1) is 7.79. The van der Waals surface area contributed by atoms with Gasteiger partial charge in [-0.15, -0.1) is 0 Å². The van der Waals surface area contributed by atoms with Crippen molar-refractivity contribution in [1.82, 2.24) is 9.78 Å². The van der Waals surface area contributed by atoms with E-state index in [4.69, 9.17) is 0 Å². The first kappa shape index (κ1) is 10.7. The summed E-state index contributed by atoms with van der Waals surface area (Å²) in [5.41, 5.74) is 3.31. The third-order valence-electron chi connectivity index (χ3n) is 2.61. The molecule has 0 spiro atoms. The lowest BCUT2D eigenvalue weighted by molar-refractivity contribution is 0.863. The number of nitrogens with zero attached hydrogens (tertiary/aromatic N) is 2. The van der Waals surface area contributed by atoms with Gasteiger partial charge in [-0.1, -0.05) is 37.8 Å². The average molecular weight is 212 g/mol. The molecule has 1 aliphatic rings. The van der Waals surface area contributed by atoms with Gasteiger partial charge in [-0.2, -0.15) is 5.10 Å². The van der Waals surface area contributed by atoms with Crippen LogP contribution in [0.2, 0.25) is 0 Å². The second-order valence-corrected chi connectivity index (χ2v) is 3.81. The van der Waals surface area contributed by atoms with E-state index in [2.05, 4.69) is 42.9 Å². The van der Waals surface area contributed by atoms with Crippen molar-refractivity contribution in [3.63, 3.8) is 0 Å². The van der Waals surface area contributed by atoms with Gasteiger partial charge in [0.15, 0.2) is 0 Å². The van der Waals surface area contributed by atoms with E-state index in [1.165, 1.54) is 5.57 Å². The Labute approximate surface area is 96.3 Å². The molecule has 2 nitrogen and oxygen atoms in total. The van der Waals surface area contributed by atoms with Crippen LogP contribution < -0.4 is 0 Å². The van der Waals surface area contributed by atoms with Gasteiger partial charge in [-0.3, -0.25) is 0 Å². The number of hydrogen-bond donors (Lipinski definition) is 0. The number of allylic oxidation sites excluding steroid dienone is 6. The average Bonchev–Trinajstić information content (AvgIpc) is 2.96. The van der Waals surface area contributed by atoms with Crippen molar-refractivity contribution in [3.05, 3.63) is 54.4 Å². The largest absolute Gasteiger partial charge is 0.245 e. The Morgan fingerprint density at radius 3 is 3.12 bits per heavy atom. The van der Waals surface area contributed by atoms with E-state index in [1.54, 1.807) is 0 Å². The van der Waals surface area contributed by atoms with Gasteiger partial charge in [0.2, 0.25) is 0 Å². The van der Waals surface area contributed by atoms with Crippen LogP contribution in [0, 0.1) is 0 Å². The monoisotopic (exact) mass is 212 g/mol. The molecule has 1 heterocycles. The molecule has 0 radical (unpaired) electrons. The summed E-state index contributed by atoms with van der Waals surface area (Å²) in [5, 5.41) is 4.42. The summed E-state index contributed by atoms with van der Waals surface area (Å²) in [7, 11) is 0. The van der Waals surface area contributed by atoms with Crippen molar-refractivity contribution in [2.75, 3.05) is 0 Å². The molecule has 0 bridgehead atoms. The minimum atomic E-state index is 0.917. The second-order valence-electron chi connectivity index (χ2n) is 3.81. The topological polar surface area (TPSA) is 17.8 Å². The SMILES string of the molecule is C=C(CC)n1ccc(/C=C/C2=CC=CC2)n1. The molecule has 82 valence electrons. The first-order valence-electron chi connectivity index (χ1n) is 5.57. The molecule has 0 fully saturated rings. The maximum atomic E-state index is 4.42. The predicted molar refractivity (Wildman–Crippen MR) is 68.7 cm³/mol. The zero-order chi connectivity index (χ0) is 11.4. The molecule has 1 aromatic heterocycles. The van der Waals surface area contributed by atoms with Gasteiger partial charge in [0, 0.05) is 11.9 Å². The van der Waals surface area contributed by atoms with Crippen molar-refractivity contribution < 1.29 is 0 Å². The fourth-order valence-corrected chi connectivity index (χ4v) is 1.54. The summed E-state index contributed by atoms with van der Waals surface area (Å²) in [6, 6.07) is 2.00. The summed E-state index contributed by atoms with van der Waals surface area (Å²) in [6.45, 7) is 6.03. The molecular formula is C14H16N2. The summed E-state index contributed by atoms with van der Waals surface area (Å²) >= 11 is 0. The van der Waals surface area contributed by atoms with Crippen LogP contribution >= 0.6 is 0 Å². The molecule has 1 aliphatic carbocycles. The predicted octanol–water partition coefficient (Wildman–Crippen LogP) is 3.66. The zero-order valence-electron chi connectivity index (χ0n) is 9.56. The Balaban J connectivity index is 2.05. The molecule has 0 saturated carbocycles. The first-order valence-corrected chi connectivity index (χ1v) is 5.57. The quantitative estimate of drug-likeness (QED) is 0.744. The van der Waals surface area contributed by atoms with Crippen LogP contribution in [-0.4, -0.2) is 9.78 Å². The molecule has 0 atom stereocenters. The Hall–Kier alpha value is -1.83. The van der Waals surface area contributed by atoms with Crippen LogP contribution in [0.4, 0.5) is 0 Å². The highest BCUT2D eigenvalue weighted by Crippen LogP contribution is 2.13. The summed E-state index contributed by atoms with van der Waals surface area (Å²) in [4.78, 5) is 0. The van der Waals surface area contributed by atoms with Gasteiger partial charge < -0.3 is 0 Å². The molecular weight excluding hydrogens is 196 g/mol. The van der Waals surface area contributed by atoms with Crippen molar-refractivity contribution >= 4 is 11.8 Å². The lowest BCUT2D eigenvalue weighted by Gasteiger charge is -1.99. The van der Waals surface area contributed by atoms with Crippen molar-refractivity contribution in [3.8, 4) is 0 Å². The maximum Gasteiger partial charge on any atom is 0.0855 e. The molecule has 0 saturated heterocycles. The van der Waals surface area contributed by atoms with E-state index in [-0.39, 0.29) is 0 Å². The molecule has 1 aromatic rings. The van der Waals surface area contributed by atoms with Gasteiger partial charge in [0.1, 0.15) is 0 Å². The molecule has 0 aliphatic heterocycles. The third-order valence-corrected chi connectivity index (χ3v) is 2.61. The fraction of sp³-hybridized carbons (Fsp3) is 0.214. The number of rotatable bonds is 4. The van der Waals surface area contributed by atoms with E-state index in [0.717, 1.165) is 24.2 Å². The molecule has 0 amide bonds. The number of aromatic nitrogens is 2. The molecule has 0 aromatic carbocycles. The van der Waals surface area contributed by atoms with Crippen LogP contribution in [0.25, 0.3) is 11.8 Å². The van der Waals surface area contributed by atoms with E-state index in [9.17, 15) is 0 Å². The van der Waals surface area contributed by atoms with Gasteiger partial charge in [0.25, 0.3) is 0 Å². The maximum absolute atomic E-state index is 4.42. The summed E-state index contributed by atoms with van der Waals surface area (Å²) in [6.07, 6.45) is 14.4. The van der Waals surface area contributed by atoms with Crippen LogP contribution in [-0.2, 0) is 0 Å². The highest BCUT2D eigenvalue weighted by atomic mass is 15.3. The van der Waals surface area contributed by atoms with Gasteiger partial charge in [-0.25, -0.2) is 4.68 Å². The molecule has 0 N–H and O–H groups in total. The third kappa shape index (κ3) is 2.40. The molecule has 2 rings (SSSR count). The van der Waals surface area contributed by atoms with E-state index in [1.807, 2.05) is 23.0 Å². The Kier molecular flexibility index (Phi) is 3.20. The highest BCUT2D eigenvalue weighted by Gasteiger charge is 1.98. The van der Waals surface area contributed by atoms with Crippen molar-refractivity contribution in [2.45, 2.75) is 19.8 Å². The van der Waals surface area contributed by atoms with Gasteiger partial charge >= 0.3 is 0 Å². The molecule has 16 heavy (non-hydrogen) atoms. The van der Waals surface area contributed by atoms with Gasteiger partial charge in [0.05, 0.1) is 5.69 Å². The number of hydrogen-bond acceptors (Lipinski definition) is 1. The highest BCUT2D eigenvalue weighted by molar-refractivity contribution is 5.52.